The molecule has 2 N–H and O–H groups in total. The number of hydrazone groups is 1. The lowest BCUT2D eigenvalue weighted by Crippen LogP contribution is -1.94. The molecule has 0 amide bonds. The third-order valence-corrected chi connectivity index (χ3v) is 2.76. The molecule has 0 radical (unpaired) electrons. The topological polar surface area (TPSA) is 101 Å². The molecule has 0 aliphatic heterocycles. The normalized spacial score (nSPS) is 10.8. The molecule has 1 heterocycles. The third kappa shape index (κ3) is 4.04. The second-order valence-corrected chi connectivity index (χ2v) is 4.69. The van der Waals surface area contributed by atoms with E-state index in [-0.39, 0.29) is 10.8 Å². The summed E-state index contributed by atoms with van der Waals surface area (Å²) in [6.45, 7) is 0. The van der Waals surface area contributed by atoms with Gasteiger partial charge in [0.15, 0.2) is 5.75 Å². The smallest absolute Gasteiger partial charge is 0.310 e. The Labute approximate surface area is 129 Å². The maximum atomic E-state index is 10.6. The Morgan fingerprint density at radius 2 is 2.10 bits per heavy atom. The maximum Gasteiger partial charge on any atom is 0.310 e. The lowest BCUT2D eigenvalue weighted by atomic mass is 10.2. The number of anilines is 1. The fourth-order valence-corrected chi connectivity index (χ4v) is 1.94. The predicted molar refractivity (Wildman–Crippen MR) is 80.2 cm³/mol. The summed E-state index contributed by atoms with van der Waals surface area (Å²) >= 11 is 11.5. The minimum Gasteiger partial charge on any atom is -0.502 e. The molecule has 0 saturated carbocycles. The van der Waals surface area contributed by atoms with E-state index in [1.165, 1.54) is 36.5 Å². The van der Waals surface area contributed by atoms with Crippen LogP contribution in [0, 0.1) is 10.1 Å². The van der Waals surface area contributed by atoms with Crippen molar-refractivity contribution in [2.75, 3.05) is 5.43 Å². The number of nitro benzene ring substituents is 1. The van der Waals surface area contributed by atoms with E-state index in [1.807, 2.05) is 0 Å². The quantitative estimate of drug-likeness (QED) is 0.388. The van der Waals surface area contributed by atoms with E-state index in [0.29, 0.717) is 16.4 Å². The van der Waals surface area contributed by atoms with Gasteiger partial charge in [-0.05, 0) is 23.8 Å². The molecule has 0 atom stereocenters. The fraction of sp³-hybridized carbons (Fsp3) is 0. The number of phenols is 1. The van der Waals surface area contributed by atoms with Crippen LogP contribution in [0.5, 0.6) is 5.75 Å². The SMILES string of the molecule is O=[N+]([O-])c1ccc(/C=N/Nc2cc(Cl)cc(Cl)n2)cc1O. The number of phenolic OH excluding ortho intramolecular Hbond substituents is 1. The first-order chi connectivity index (χ1) is 9.95. The molecule has 0 aliphatic rings. The highest BCUT2D eigenvalue weighted by atomic mass is 35.5. The summed E-state index contributed by atoms with van der Waals surface area (Å²) in [5.41, 5.74) is 2.70. The van der Waals surface area contributed by atoms with Crippen molar-refractivity contribution < 1.29 is 10.0 Å². The molecule has 0 spiro atoms. The number of rotatable bonds is 4. The Kier molecular flexibility index (Phi) is 4.56. The van der Waals surface area contributed by atoms with Crippen molar-refractivity contribution >= 4 is 40.9 Å². The summed E-state index contributed by atoms with van der Waals surface area (Å²) < 4.78 is 0. The van der Waals surface area contributed by atoms with Gasteiger partial charge in [0.1, 0.15) is 11.0 Å². The van der Waals surface area contributed by atoms with Crippen LogP contribution in [-0.4, -0.2) is 21.2 Å². The summed E-state index contributed by atoms with van der Waals surface area (Å²) in [6.07, 6.45) is 1.36. The van der Waals surface area contributed by atoms with E-state index >= 15 is 0 Å². The van der Waals surface area contributed by atoms with Crippen LogP contribution >= 0.6 is 23.2 Å². The van der Waals surface area contributed by atoms with Crippen LogP contribution in [0.25, 0.3) is 0 Å². The van der Waals surface area contributed by atoms with Gasteiger partial charge < -0.3 is 5.11 Å². The number of aromatic hydroxyl groups is 1. The molecule has 1 aromatic heterocycles. The second-order valence-electron chi connectivity index (χ2n) is 3.87. The van der Waals surface area contributed by atoms with Crippen molar-refractivity contribution in [3.63, 3.8) is 0 Å². The lowest BCUT2D eigenvalue weighted by Gasteiger charge is -2.01. The molecule has 0 unspecified atom stereocenters. The van der Waals surface area contributed by atoms with Gasteiger partial charge in [-0.2, -0.15) is 5.10 Å². The van der Waals surface area contributed by atoms with Gasteiger partial charge in [-0.25, -0.2) is 4.98 Å². The van der Waals surface area contributed by atoms with Crippen LogP contribution in [0.15, 0.2) is 35.4 Å². The van der Waals surface area contributed by atoms with Crippen LogP contribution in [-0.2, 0) is 0 Å². The molecule has 2 rings (SSSR count). The van der Waals surface area contributed by atoms with Gasteiger partial charge in [0.25, 0.3) is 0 Å². The molecule has 9 heteroatoms. The van der Waals surface area contributed by atoms with Crippen molar-refractivity contribution in [1.82, 2.24) is 4.98 Å². The number of hydrogen-bond acceptors (Lipinski definition) is 6. The van der Waals surface area contributed by atoms with E-state index in [0.717, 1.165) is 0 Å². The van der Waals surface area contributed by atoms with Crippen molar-refractivity contribution in [1.29, 1.82) is 0 Å². The fourth-order valence-electron chi connectivity index (χ4n) is 1.47. The molecule has 0 bridgehead atoms. The van der Waals surface area contributed by atoms with Crippen LogP contribution < -0.4 is 5.43 Å². The molecule has 0 saturated heterocycles. The minimum atomic E-state index is -0.674. The van der Waals surface area contributed by atoms with Gasteiger partial charge in [-0.15, -0.1) is 0 Å². The summed E-state index contributed by atoms with van der Waals surface area (Å²) in [5, 5.41) is 24.5. The van der Waals surface area contributed by atoms with Crippen LogP contribution in [0.1, 0.15) is 5.56 Å². The van der Waals surface area contributed by atoms with Crippen molar-refractivity contribution in [2.45, 2.75) is 0 Å². The lowest BCUT2D eigenvalue weighted by molar-refractivity contribution is -0.385. The molecule has 0 aliphatic carbocycles. The molecule has 108 valence electrons. The highest BCUT2D eigenvalue weighted by Crippen LogP contribution is 2.25. The first-order valence-corrected chi connectivity index (χ1v) is 6.31. The van der Waals surface area contributed by atoms with Crippen molar-refractivity contribution in [3.05, 3.63) is 56.2 Å². The Balaban J connectivity index is 2.11. The van der Waals surface area contributed by atoms with E-state index in [1.54, 1.807) is 0 Å². The average molecular weight is 327 g/mol. The van der Waals surface area contributed by atoms with Gasteiger partial charge in [0.05, 0.1) is 11.1 Å². The molecular formula is C12H8Cl2N4O3. The number of nitro groups is 1. The predicted octanol–water partition coefficient (Wildman–Crippen LogP) is 3.45. The minimum absolute atomic E-state index is 0.216. The first kappa shape index (κ1) is 15.0. The van der Waals surface area contributed by atoms with Crippen LogP contribution in [0.4, 0.5) is 11.5 Å². The monoisotopic (exact) mass is 326 g/mol. The number of nitrogens with zero attached hydrogens (tertiary/aromatic N) is 3. The highest BCUT2D eigenvalue weighted by molar-refractivity contribution is 6.34. The van der Waals surface area contributed by atoms with Gasteiger partial charge >= 0.3 is 5.69 Å². The van der Waals surface area contributed by atoms with E-state index in [9.17, 15) is 15.2 Å². The Bertz CT molecular complexity index is 701. The van der Waals surface area contributed by atoms with Crippen LogP contribution in [0.3, 0.4) is 0 Å². The van der Waals surface area contributed by atoms with Crippen molar-refractivity contribution in [3.8, 4) is 5.75 Å². The van der Waals surface area contributed by atoms with Gasteiger partial charge in [0, 0.05) is 17.2 Å². The van der Waals surface area contributed by atoms with Crippen molar-refractivity contribution in [2.24, 2.45) is 5.10 Å². The molecular weight excluding hydrogens is 319 g/mol. The number of hydrogen-bond donors (Lipinski definition) is 2. The zero-order valence-electron chi connectivity index (χ0n) is 10.3. The first-order valence-electron chi connectivity index (χ1n) is 5.55. The van der Waals surface area contributed by atoms with Gasteiger partial charge in [-0.1, -0.05) is 23.2 Å². The van der Waals surface area contributed by atoms with E-state index < -0.39 is 10.7 Å². The zero-order chi connectivity index (χ0) is 15.4. The summed E-state index contributed by atoms with van der Waals surface area (Å²) in [5.74, 6) is -0.0947. The molecule has 0 fully saturated rings. The number of pyridine rings is 1. The zero-order valence-corrected chi connectivity index (χ0v) is 11.8. The Morgan fingerprint density at radius 3 is 2.71 bits per heavy atom. The third-order valence-electron chi connectivity index (χ3n) is 2.35. The van der Waals surface area contributed by atoms with E-state index in [2.05, 4.69) is 15.5 Å². The number of halogens is 2. The molecule has 2 aromatic rings. The second kappa shape index (κ2) is 6.38. The summed E-state index contributed by atoms with van der Waals surface area (Å²) in [6, 6.07) is 6.86. The largest absolute Gasteiger partial charge is 0.502 e. The number of aromatic nitrogens is 1. The Hall–Kier alpha value is -2.38. The maximum absolute atomic E-state index is 10.6. The molecule has 21 heavy (non-hydrogen) atoms. The van der Waals surface area contributed by atoms with Gasteiger partial charge in [-0.3, -0.25) is 15.5 Å². The van der Waals surface area contributed by atoms with E-state index in [4.69, 9.17) is 23.2 Å². The number of benzene rings is 1. The standard InChI is InChI=1S/C12H8Cl2N4O3/c13-8-4-11(14)16-12(5-8)17-15-6-7-1-2-9(18(20)21)10(19)3-7/h1-6,19H,(H,16,17)/b15-6+. The molecule has 7 nitrogen and oxygen atoms in total. The number of nitrogens with one attached hydrogen (secondary N) is 1. The molecule has 1 aromatic carbocycles. The highest BCUT2D eigenvalue weighted by Gasteiger charge is 2.12. The summed E-state index contributed by atoms with van der Waals surface area (Å²) in [4.78, 5) is 13.8. The summed E-state index contributed by atoms with van der Waals surface area (Å²) in [7, 11) is 0. The van der Waals surface area contributed by atoms with Gasteiger partial charge in [0.2, 0.25) is 0 Å². The Morgan fingerprint density at radius 1 is 1.33 bits per heavy atom. The average Bonchev–Trinajstić information content (AvgIpc) is 2.37. The van der Waals surface area contributed by atoms with Crippen LogP contribution in [0.2, 0.25) is 10.2 Å².